The SMILES string of the molecule is CNc1cc(N2C3CCC2CC3)c(C(=O)N[C@H](C)C2CCC(C(F)(F)F)CC2)cc1[N+](=O)[O-]. The average Bonchev–Trinajstić information content (AvgIpc) is 3.38. The molecular formula is C23H31F3N4O3. The maximum absolute atomic E-state index is 13.3. The van der Waals surface area contributed by atoms with Gasteiger partial charge in [-0.25, -0.2) is 0 Å². The highest BCUT2D eigenvalue weighted by Gasteiger charge is 2.43. The van der Waals surface area contributed by atoms with Crippen LogP contribution >= 0.6 is 0 Å². The largest absolute Gasteiger partial charge is 0.391 e. The second-order valence-electron chi connectivity index (χ2n) is 9.68. The van der Waals surface area contributed by atoms with Crippen molar-refractivity contribution < 1.29 is 22.9 Å². The van der Waals surface area contributed by atoms with Crippen LogP contribution in [-0.2, 0) is 0 Å². The normalized spacial score (nSPS) is 28.0. The van der Waals surface area contributed by atoms with E-state index < -0.39 is 22.9 Å². The van der Waals surface area contributed by atoms with Crippen LogP contribution in [0.5, 0.6) is 0 Å². The Morgan fingerprint density at radius 2 is 1.67 bits per heavy atom. The van der Waals surface area contributed by atoms with Crippen LogP contribution in [-0.4, -0.2) is 42.2 Å². The summed E-state index contributed by atoms with van der Waals surface area (Å²) >= 11 is 0. The highest BCUT2D eigenvalue weighted by molar-refractivity contribution is 6.02. The zero-order valence-electron chi connectivity index (χ0n) is 19.0. The Hall–Kier alpha value is -2.52. The van der Waals surface area contributed by atoms with Gasteiger partial charge in [-0.05, 0) is 70.3 Å². The molecule has 0 unspecified atom stereocenters. The van der Waals surface area contributed by atoms with Gasteiger partial charge in [0.05, 0.1) is 22.1 Å². The molecule has 1 aliphatic carbocycles. The average molecular weight is 469 g/mol. The topological polar surface area (TPSA) is 87.5 Å². The number of nitro groups is 1. The quantitative estimate of drug-likeness (QED) is 0.440. The fourth-order valence-electron chi connectivity index (χ4n) is 5.98. The Labute approximate surface area is 191 Å². The van der Waals surface area contributed by atoms with Crippen LogP contribution in [0.4, 0.5) is 30.2 Å². The van der Waals surface area contributed by atoms with Crippen molar-refractivity contribution in [2.24, 2.45) is 11.8 Å². The Kier molecular flexibility index (Phi) is 6.46. The standard InChI is InChI=1S/C23H31F3N4O3/c1-13(14-3-5-15(6-4-14)23(24,25)26)28-22(31)18-11-21(30(32)33)19(27-2)12-20(18)29-16-7-8-17(29)10-9-16/h11-17,27H,3-10H2,1-2H3,(H,28,31)/t13-,14?,15?,16?,17?/m1/s1. The Morgan fingerprint density at radius 3 is 2.15 bits per heavy atom. The van der Waals surface area contributed by atoms with E-state index in [9.17, 15) is 28.1 Å². The summed E-state index contributed by atoms with van der Waals surface area (Å²) in [5.74, 6) is -1.73. The van der Waals surface area contributed by atoms with Gasteiger partial charge in [-0.1, -0.05) is 0 Å². The molecule has 4 rings (SSSR count). The summed E-state index contributed by atoms with van der Waals surface area (Å²) in [6, 6.07) is 3.35. The molecule has 0 radical (unpaired) electrons. The predicted octanol–water partition coefficient (Wildman–Crippen LogP) is 5.25. The van der Waals surface area contributed by atoms with Gasteiger partial charge in [-0.2, -0.15) is 13.2 Å². The highest BCUT2D eigenvalue weighted by atomic mass is 19.4. The summed E-state index contributed by atoms with van der Waals surface area (Å²) < 4.78 is 39.0. The number of carbonyl (C=O) groups excluding carboxylic acids is 1. The van der Waals surface area contributed by atoms with E-state index in [1.165, 1.54) is 6.07 Å². The van der Waals surface area contributed by atoms with Crippen LogP contribution in [0.25, 0.3) is 0 Å². The second-order valence-corrected chi connectivity index (χ2v) is 9.68. The molecule has 2 N–H and O–H groups in total. The number of hydrogen-bond acceptors (Lipinski definition) is 5. The van der Waals surface area contributed by atoms with Gasteiger partial charge >= 0.3 is 6.18 Å². The lowest BCUT2D eigenvalue weighted by Crippen LogP contribution is -2.41. The van der Waals surface area contributed by atoms with Crippen molar-refractivity contribution in [3.63, 3.8) is 0 Å². The summed E-state index contributed by atoms with van der Waals surface area (Å²) in [6.45, 7) is 1.81. The summed E-state index contributed by atoms with van der Waals surface area (Å²) in [4.78, 5) is 26.7. The number of nitrogens with zero attached hydrogens (tertiary/aromatic N) is 2. The third-order valence-corrected chi connectivity index (χ3v) is 7.86. The van der Waals surface area contributed by atoms with Crippen molar-refractivity contribution in [1.82, 2.24) is 5.32 Å². The van der Waals surface area contributed by atoms with Crippen molar-refractivity contribution in [2.75, 3.05) is 17.3 Å². The Bertz CT molecular complexity index is 895. The molecule has 10 heteroatoms. The van der Waals surface area contributed by atoms with Gasteiger partial charge in [-0.15, -0.1) is 0 Å². The number of fused-ring (bicyclic) bond motifs is 2. The maximum Gasteiger partial charge on any atom is 0.391 e. The van der Waals surface area contributed by atoms with Crippen LogP contribution in [0.15, 0.2) is 12.1 Å². The zero-order valence-corrected chi connectivity index (χ0v) is 19.0. The molecular weight excluding hydrogens is 437 g/mol. The smallest absolute Gasteiger partial charge is 0.383 e. The predicted molar refractivity (Wildman–Crippen MR) is 120 cm³/mol. The second kappa shape index (κ2) is 9.02. The molecule has 1 saturated carbocycles. The van der Waals surface area contributed by atoms with Crippen molar-refractivity contribution in [2.45, 2.75) is 82.6 Å². The molecule has 1 atom stereocenters. The van der Waals surface area contributed by atoms with E-state index in [1.54, 1.807) is 13.1 Å². The van der Waals surface area contributed by atoms with Gasteiger partial charge in [0.2, 0.25) is 0 Å². The van der Waals surface area contributed by atoms with Crippen molar-refractivity contribution in [3.05, 3.63) is 27.8 Å². The van der Waals surface area contributed by atoms with Crippen LogP contribution in [0, 0.1) is 22.0 Å². The molecule has 1 aromatic rings. The molecule has 2 heterocycles. The number of amides is 1. The monoisotopic (exact) mass is 468 g/mol. The number of anilines is 2. The number of halogens is 3. The molecule has 3 fully saturated rings. The van der Waals surface area contributed by atoms with Gasteiger partial charge in [0.25, 0.3) is 11.6 Å². The van der Waals surface area contributed by atoms with E-state index in [4.69, 9.17) is 0 Å². The van der Waals surface area contributed by atoms with Gasteiger partial charge in [-0.3, -0.25) is 14.9 Å². The number of benzene rings is 1. The first kappa shape index (κ1) is 23.6. The summed E-state index contributed by atoms with van der Waals surface area (Å²) in [7, 11) is 1.61. The molecule has 2 bridgehead atoms. The summed E-state index contributed by atoms with van der Waals surface area (Å²) in [5, 5.41) is 17.5. The highest BCUT2D eigenvalue weighted by Crippen LogP contribution is 2.45. The number of hydrogen-bond donors (Lipinski definition) is 2. The minimum Gasteiger partial charge on any atom is -0.383 e. The van der Waals surface area contributed by atoms with Gasteiger partial charge < -0.3 is 15.5 Å². The van der Waals surface area contributed by atoms with Crippen LogP contribution < -0.4 is 15.5 Å². The first-order valence-corrected chi connectivity index (χ1v) is 11.8. The number of rotatable bonds is 6. The third kappa shape index (κ3) is 4.61. The fourth-order valence-corrected chi connectivity index (χ4v) is 5.98. The molecule has 33 heavy (non-hydrogen) atoms. The van der Waals surface area contributed by atoms with E-state index in [-0.39, 0.29) is 36.1 Å². The van der Waals surface area contributed by atoms with Crippen LogP contribution in [0.1, 0.15) is 68.6 Å². The van der Waals surface area contributed by atoms with Gasteiger partial charge in [0.15, 0.2) is 0 Å². The molecule has 0 spiro atoms. The minimum absolute atomic E-state index is 0.0504. The summed E-state index contributed by atoms with van der Waals surface area (Å²) in [5.41, 5.74) is 1.14. The van der Waals surface area contributed by atoms with Crippen LogP contribution in [0.3, 0.4) is 0 Å². The Balaban J connectivity index is 1.56. The summed E-state index contributed by atoms with van der Waals surface area (Å²) in [6.07, 6.45) is 0.911. The number of carbonyl (C=O) groups is 1. The number of nitrogens with one attached hydrogen (secondary N) is 2. The van der Waals surface area contributed by atoms with Crippen LogP contribution in [0.2, 0.25) is 0 Å². The molecule has 3 aliphatic rings. The van der Waals surface area contributed by atoms with E-state index in [1.807, 2.05) is 6.92 Å². The van der Waals surface area contributed by atoms with Gasteiger partial charge in [0.1, 0.15) is 5.69 Å². The van der Waals surface area contributed by atoms with E-state index in [0.29, 0.717) is 36.3 Å². The fraction of sp³-hybridized carbons (Fsp3) is 0.696. The molecule has 2 aliphatic heterocycles. The van der Waals surface area contributed by atoms with Crippen molar-refractivity contribution in [1.29, 1.82) is 0 Å². The molecule has 0 aromatic heterocycles. The van der Waals surface area contributed by atoms with Gasteiger partial charge in [0, 0.05) is 31.2 Å². The van der Waals surface area contributed by atoms with E-state index >= 15 is 0 Å². The van der Waals surface area contributed by atoms with Crippen molar-refractivity contribution >= 4 is 23.0 Å². The molecule has 1 amide bonds. The van der Waals surface area contributed by atoms with E-state index in [2.05, 4.69) is 15.5 Å². The lowest BCUT2D eigenvalue weighted by atomic mass is 9.78. The third-order valence-electron chi connectivity index (χ3n) is 7.86. The number of alkyl halides is 3. The molecule has 1 aromatic carbocycles. The lowest BCUT2D eigenvalue weighted by molar-refractivity contribution is -0.384. The minimum atomic E-state index is -4.17. The number of nitro benzene ring substituents is 1. The molecule has 2 saturated heterocycles. The molecule has 7 nitrogen and oxygen atoms in total. The first-order valence-electron chi connectivity index (χ1n) is 11.8. The Morgan fingerprint density at radius 1 is 1.09 bits per heavy atom. The lowest BCUT2D eigenvalue weighted by Gasteiger charge is -2.34. The van der Waals surface area contributed by atoms with E-state index in [0.717, 1.165) is 25.7 Å². The molecule has 182 valence electrons. The zero-order chi connectivity index (χ0) is 23.9. The first-order chi connectivity index (χ1) is 15.6. The van der Waals surface area contributed by atoms with Crippen molar-refractivity contribution in [3.8, 4) is 0 Å². The maximum atomic E-state index is 13.3.